The highest BCUT2D eigenvalue weighted by Gasteiger charge is 2.78. The predicted octanol–water partition coefficient (Wildman–Crippen LogP) is 0.550. The fraction of sp³-hybridized carbons (Fsp3) is 0.435. The number of fused-ring (bicyclic) bond motifs is 2. The van der Waals surface area contributed by atoms with Crippen molar-refractivity contribution < 1.29 is 28.6 Å². The molecule has 1 aromatic carbocycles. The number of alkyl halides is 2. The summed E-state index contributed by atoms with van der Waals surface area (Å²) >= 11 is 0. The molecule has 2 fully saturated rings. The van der Waals surface area contributed by atoms with Gasteiger partial charge in [-0.3, -0.25) is 4.79 Å². The predicted molar refractivity (Wildman–Crippen MR) is 106 cm³/mol. The van der Waals surface area contributed by atoms with E-state index in [9.17, 15) is 28.6 Å². The van der Waals surface area contributed by atoms with Gasteiger partial charge in [-0.15, -0.1) is 0 Å². The van der Waals surface area contributed by atoms with Crippen molar-refractivity contribution in [3.63, 3.8) is 0 Å². The number of likely N-dealkylation sites (N-methyl/N-ethyl adjacent to an activating group) is 1. The second-order valence-electron chi connectivity index (χ2n) is 9.08. The third-order valence-electron chi connectivity index (χ3n) is 7.12. The molecule has 1 saturated heterocycles. The van der Waals surface area contributed by atoms with E-state index in [0.717, 1.165) is 0 Å². The number of aromatic carboxylic acids is 1. The van der Waals surface area contributed by atoms with Crippen LogP contribution in [0, 0.1) is 23.2 Å². The monoisotopic (exact) mass is 440 g/mol. The number of carbonyl (C=O) groups is 2. The van der Waals surface area contributed by atoms with Crippen LogP contribution in [0.5, 0.6) is 0 Å². The SMILES string of the molecule is CN1CC[C@@](O)(C#Cc2cccc(-n3nc(C(=O)[O-])c4c3C[C@]3(C)C(C4)C3(F)F)c2)C1=O. The van der Waals surface area contributed by atoms with Crippen molar-refractivity contribution in [1.82, 2.24) is 14.7 Å². The number of aromatic nitrogens is 2. The number of hydrogen-bond donors (Lipinski definition) is 1. The smallest absolute Gasteiger partial charge is 0.267 e. The zero-order valence-electron chi connectivity index (χ0n) is 17.5. The number of benzene rings is 1. The molecule has 166 valence electrons. The second kappa shape index (κ2) is 6.39. The number of carboxylic acid groups (broad SMARTS) is 1. The van der Waals surface area contributed by atoms with Crippen LogP contribution >= 0.6 is 0 Å². The van der Waals surface area contributed by atoms with Crippen LogP contribution in [0.15, 0.2) is 24.3 Å². The minimum absolute atomic E-state index is 0.00320. The number of aliphatic hydroxyl groups is 1. The van der Waals surface area contributed by atoms with Crippen LogP contribution in [0.4, 0.5) is 8.78 Å². The molecule has 9 heteroatoms. The molecule has 3 atom stereocenters. The number of rotatable bonds is 2. The Kier molecular flexibility index (Phi) is 4.12. The molecule has 1 aliphatic heterocycles. The lowest BCUT2D eigenvalue weighted by Gasteiger charge is -2.18. The van der Waals surface area contributed by atoms with E-state index in [1.54, 1.807) is 31.3 Å². The Labute approximate surface area is 182 Å². The highest BCUT2D eigenvalue weighted by atomic mass is 19.3. The highest BCUT2D eigenvalue weighted by molar-refractivity contribution is 5.90. The van der Waals surface area contributed by atoms with Gasteiger partial charge in [0.15, 0.2) is 0 Å². The van der Waals surface area contributed by atoms with Gasteiger partial charge in [-0.05, 0) is 24.6 Å². The average molecular weight is 440 g/mol. The molecule has 0 bridgehead atoms. The van der Waals surface area contributed by atoms with Gasteiger partial charge in [-0.2, -0.15) is 5.10 Å². The Morgan fingerprint density at radius 3 is 2.78 bits per heavy atom. The summed E-state index contributed by atoms with van der Waals surface area (Å²) in [5.41, 5.74) is -1.67. The molecule has 1 saturated carbocycles. The molecular weight excluding hydrogens is 420 g/mol. The molecular formula is C23H20F2N3O4-. The maximum Gasteiger partial charge on any atom is 0.267 e. The molecule has 0 radical (unpaired) electrons. The number of amides is 1. The summed E-state index contributed by atoms with van der Waals surface area (Å²) in [7, 11) is 1.59. The molecule has 5 rings (SSSR count). The van der Waals surface area contributed by atoms with Crippen LogP contribution in [0.1, 0.15) is 40.7 Å². The summed E-state index contributed by atoms with van der Waals surface area (Å²) in [4.78, 5) is 25.2. The van der Waals surface area contributed by atoms with Gasteiger partial charge in [0.2, 0.25) is 5.60 Å². The van der Waals surface area contributed by atoms with Gasteiger partial charge in [-0.25, -0.2) is 13.5 Å². The molecule has 7 nitrogen and oxygen atoms in total. The Hall–Kier alpha value is -3.25. The minimum atomic E-state index is -2.86. The molecule has 2 heterocycles. The Balaban J connectivity index is 1.54. The van der Waals surface area contributed by atoms with Gasteiger partial charge in [0.05, 0.1) is 11.7 Å². The number of nitrogens with zero attached hydrogens (tertiary/aromatic N) is 3. The highest BCUT2D eigenvalue weighted by Crippen LogP contribution is 2.70. The van der Waals surface area contributed by atoms with Gasteiger partial charge >= 0.3 is 0 Å². The summed E-state index contributed by atoms with van der Waals surface area (Å²) in [6.45, 7) is 1.91. The summed E-state index contributed by atoms with van der Waals surface area (Å²) < 4.78 is 30.0. The number of carbonyl (C=O) groups excluding carboxylic acids is 2. The lowest BCUT2D eigenvalue weighted by molar-refractivity contribution is -0.255. The van der Waals surface area contributed by atoms with Crippen LogP contribution in [0.2, 0.25) is 0 Å². The summed E-state index contributed by atoms with van der Waals surface area (Å²) in [6.07, 6.45) is 0.131. The summed E-state index contributed by atoms with van der Waals surface area (Å²) in [5, 5.41) is 26.3. The van der Waals surface area contributed by atoms with Gasteiger partial charge in [-0.1, -0.05) is 24.8 Å². The van der Waals surface area contributed by atoms with E-state index in [4.69, 9.17) is 0 Å². The van der Waals surface area contributed by atoms with Crippen LogP contribution < -0.4 is 5.11 Å². The average Bonchev–Trinajstić information content (AvgIpc) is 3.02. The minimum Gasteiger partial charge on any atom is -0.543 e. The first kappa shape index (κ1) is 20.6. The van der Waals surface area contributed by atoms with Gasteiger partial charge in [0.25, 0.3) is 11.8 Å². The first-order valence-electron chi connectivity index (χ1n) is 10.3. The van der Waals surface area contributed by atoms with Crippen molar-refractivity contribution in [1.29, 1.82) is 0 Å². The molecule has 1 unspecified atom stereocenters. The van der Waals surface area contributed by atoms with E-state index >= 15 is 0 Å². The summed E-state index contributed by atoms with van der Waals surface area (Å²) in [5.74, 6) is -0.302. The quantitative estimate of drug-likeness (QED) is 0.688. The van der Waals surface area contributed by atoms with Crippen molar-refractivity contribution in [2.75, 3.05) is 13.6 Å². The lowest BCUT2D eigenvalue weighted by atomic mass is 9.87. The molecule has 2 aromatic rings. The van der Waals surface area contributed by atoms with Crippen LogP contribution in [-0.4, -0.2) is 56.8 Å². The van der Waals surface area contributed by atoms with Crippen molar-refractivity contribution in [3.8, 4) is 17.5 Å². The first-order chi connectivity index (χ1) is 15.0. The molecule has 2 aliphatic carbocycles. The van der Waals surface area contributed by atoms with Crippen molar-refractivity contribution in [2.45, 2.75) is 37.7 Å². The van der Waals surface area contributed by atoms with Crippen LogP contribution in [0.3, 0.4) is 0 Å². The van der Waals surface area contributed by atoms with E-state index in [2.05, 4.69) is 16.9 Å². The fourth-order valence-electron chi connectivity index (χ4n) is 4.94. The number of likely N-dealkylation sites (tertiary alicyclic amines) is 1. The zero-order valence-corrected chi connectivity index (χ0v) is 17.5. The Morgan fingerprint density at radius 1 is 1.38 bits per heavy atom. The lowest BCUT2D eigenvalue weighted by Crippen LogP contribution is -2.37. The van der Waals surface area contributed by atoms with Crippen molar-refractivity contribution >= 4 is 11.9 Å². The molecule has 3 aliphatic rings. The fourth-order valence-corrected chi connectivity index (χ4v) is 4.94. The van der Waals surface area contributed by atoms with Crippen LogP contribution in [0.25, 0.3) is 5.69 Å². The molecule has 1 aromatic heterocycles. The normalized spacial score (nSPS) is 29.7. The van der Waals surface area contributed by atoms with Gasteiger partial charge in [0, 0.05) is 54.6 Å². The summed E-state index contributed by atoms with van der Waals surface area (Å²) in [6, 6.07) is 6.62. The standard InChI is InChI=1S/C23H21F2N3O4/c1-21-12-16-15(11-17(21)23(21,24)25)18(19(29)30)26-28(16)14-5-3-4-13(10-14)6-7-22(32)8-9-27(2)20(22)31/h3-5,10,17,32H,8-9,11-12H2,1-2H3,(H,29,30)/p-1/t17?,21-,22+/m1/s1. The number of hydrogen-bond acceptors (Lipinski definition) is 5. The zero-order chi connectivity index (χ0) is 23.1. The second-order valence-corrected chi connectivity index (χ2v) is 9.08. The molecule has 0 spiro atoms. The van der Waals surface area contributed by atoms with Crippen molar-refractivity contribution in [3.05, 3.63) is 46.8 Å². The Morgan fingerprint density at radius 2 is 2.12 bits per heavy atom. The number of carboxylic acids is 1. The third kappa shape index (κ3) is 2.72. The van der Waals surface area contributed by atoms with E-state index in [1.807, 2.05) is 0 Å². The van der Waals surface area contributed by atoms with E-state index in [0.29, 0.717) is 23.5 Å². The Bertz CT molecular complexity index is 1240. The number of halogens is 2. The van der Waals surface area contributed by atoms with E-state index in [-0.39, 0.29) is 30.5 Å². The topological polar surface area (TPSA) is 98.5 Å². The molecule has 1 amide bonds. The largest absolute Gasteiger partial charge is 0.543 e. The third-order valence-corrected chi connectivity index (χ3v) is 7.12. The maximum atomic E-state index is 14.3. The van der Waals surface area contributed by atoms with Gasteiger partial charge < -0.3 is 19.9 Å². The first-order valence-corrected chi connectivity index (χ1v) is 10.3. The van der Waals surface area contributed by atoms with Crippen LogP contribution in [-0.2, 0) is 17.6 Å². The van der Waals surface area contributed by atoms with E-state index < -0.39 is 34.7 Å². The van der Waals surface area contributed by atoms with Crippen molar-refractivity contribution in [2.24, 2.45) is 11.3 Å². The van der Waals surface area contributed by atoms with Gasteiger partial charge in [0.1, 0.15) is 5.69 Å². The maximum absolute atomic E-state index is 14.3. The van der Waals surface area contributed by atoms with E-state index in [1.165, 1.54) is 16.5 Å². The molecule has 1 N–H and O–H groups in total. The molecule has 32 heavy (non-hydrogen) atoms.